The van der Waals surface area contributed by atoms with Gasteiger partial charge in [-0.25, -0.2) is 0 Å². The number of ether oxygens (including phenoxy) is 1. The van der Waals surface area contributed by atoms with E-state index >= 15 is 0 Å². The average Bonchev–Trinajstić information content (AvgIpc) is 3.06. The molecular weight excluding hydrogens is 456 g/mol. The van der Waals surface area contributed by atoms with Crippen LogP contribution in [0.5, 0.6) is 5.75 Å². The van der Waals surface area contributed by atoms with Crippen LogP contribution in [0.25, 0.3) is 17.0 Å². The number of thioether (sulfide) groups is 1. The normalized spacial score (nSPS) is 13.3. The lowest BCUT2D eigenvalue weighted by molar-refractivity contribution is 0.305. The van der Waals surface area contributed by atoms with Gasteiger partial charge in [-0.05, 0) is 48.1 Å². The zero-order chi connectivity index (χ0) is 20.3. The fourth-order valence-corrected chi connectivity index (χ4v) is 4.70. The summed E-state index contributed by atoms with van der Waals surface area (Å²) in [4.78, 5) is 0. The molecule has 2 aromatic carbocycles. The van der Waals surface area contributed by atoms with E-state index in [0.29, 0.717) is 12.5 Å². The lowest BCUT2D eigenvalue weighted by atomic mass is 10.0. The van der Waals surface area contributed by atoms with Crippen LogP contribution in [0.3, 0.4) is 0 Å². The maximum atomic E-state index is 12.0. The lowest BCUT2D eigenvalue weighted by Crippen LogP contribution is -1.99. The highest BCUT2D eigenvalue weighted by atomic mass is 79.9. The molecule has 1 heterocycles. The van der Waals surface area contributed by atoms with Crippen LogP contribution in [0.15, 0.2) is 55.8 Å². The minimum atomic E-state index is -1.03. The van der Waals surface area contributed by atoms with E-state index in [1.165, 1.54) is 17.3 Å². The molecule has 0 saturated carbocycles. The summed E-state index contributed by atoms with van der Waals surface area (Å²) in [5.41, 5.74) is 3.96. The van der Waals surface area contributed by atoms with Gasteiger partial charge in [-0.3, -0.25) is 4.21 Å². The largest absolute Gasteiger partial charge is 0.488 e. The molecule has 0 amide bonds. The standard InChI is InChI=1S/C22H23BrO3S2/c1-14(2)15-5-6-16(10-22(27-3)28(4)24)21(9-15)26-13-17-12-25-20-8-7-18(23)11-19(17)20/h5-12,14H,13H2,1-4H3/b22-10+. The van der Waals surface area contributed by atoms with Gasteiger partial charge in [0, 0.05) is 27.2 Å². The Morgan fingerprint density at radius 2 is 2.07 bits per heavy atom. The molecule has 3 aromatic rings. The van der Waals surface area contributed by atoms with Crippen molar-refractivity contribution < 1.29 is 13.4 Å². The highest BCUT2D eigenvalue weighted by Crippen LogP contribution is 2.31. The van der Waals surface area contributed by atoms with Gasteiger partial charge in [0.05, 0.1) is 21.3 Å². The number of fused-ring (bicyclic) bond motifs is 1. The third kappa shape index (κ3) is 4.91. The number of hydrogen-bond acceptors (Lipinski definition) is 4. The maximum Gasteiger partial charge on any atom is 0.134 e. The first-order valence-electron chi connectivity index (χ1n) is 8.90. The first kappa shape index (κ1) is 21.2. The van der Waals surface area contributed by atoms with E-state index in [9.17, 15) is 4.21 Å². The van der Waals surface area contributed by atoms with Crippen LogP contribution >= 0.6 is 27.7 Å². The number of halogens is 1. The van der Waals surface area contributed by atoms with Crippen LogP contribution in [0.1, 0.15) is 36.5 Å². The minimum Gasteiger partial charge on any atom is -0.488 e. The lowest BCUT2D eigenvalue weighted by Gasteiger charge is -2.13. The summed E-state index contributed by atoms with van der Waals surface area (Å²) in [6.07, 6.45) is 7.32. The van der Waals surface area contributed by atoms with E-state index in [1.807, 2.05) is 36.6 Å². The number of benzene rings is 2. The molecule has 0 bridgehead atoms. The molecule has 1 unspecified atom stereocenters. The predicted molar refractivity (Wildman–Crippen MR) is 124 cm³/mol. The molecule has 1 atom stereocenters. The van der Waals surface area contributed by atoms with Gasteiger partial charge < -0.3 is 9.15 Å². The van der Waals surface area contributed by atoms with E-state index < -0.39 is 10.8 Å². The zero-order valence-electron chi connectivity index (χ0n) is 16.3. The van der Waals surface area contributed by atoms with E-state index in [2.05, 4.69) is 41.9 Å². The molecule has 0 N–H and O–H groups in total. The van der Waals surface area contributed by atoms with Crippen molar-refractivity contribution >= 4 is 55.5 Å². The van der Waals surface area contributed by atoms with Crippen molar-refractivity contribution in [3.63, 3.8) is 0 Å². The molecule has 0 spiro atoms. The average molecular weight is 479 g/mol. The zero-order valence-corrected chi connectivity index (χ0v) is 19.5. The van der Waals surface area contributed by atoms with Crippen LogP contribution in [0, 0.1) is 0 Å². The van der Waals surface area contributed by atoms with Crippen LogP contribution in [0.2, 0.25) is 0 Å². The minimum absolute atomic E-state index is 0.395. The van der Waals surface area contributed by atoms with Gasteiger partial charge >= 0.3 is 0 Å². The third-order valence-corrected chi connectivity index (χ3v) is 7.36. The van der Waals surface area contributed by atoms with Crippen molar-refractivity contribution in [2.75, 3.05) is 12.5 Å². The summed E-state index contributed by atoms with van der Waals surface area (Å²) in [5, 5.41) is 1.03. The number of hydrogen-bond donors (Lipinski definition) is 0. The van der Waals surface area contributed by atoms with Gasteiger partial charge in [0.15, 0.2) is 0 Å². The number of furan rings is 1. The molecule has 1 aromatic heterocycles. The number of rotatable bonds is 7. The molecule has 0 radical (unpaired) electrons. The summed E-state index contributed by atoms with van der Waals surface area (Å²) in [6, 6.07) is 12.2. The second-order valence-corrected chi connectivity index (χ2v) is 10.1. The van der Waals surface area contributed by atoms with E-state index in [1.54, 1.807) is 12.5 Å². The molecule has 148 valence electrons. The molecule has 0 aliphatic heterocycles. The highest BCUT2D eigenvalue weighted by molar-refractivity contribution is 9.10. The van der Waals surface area contributed by atoms with Crippen LogP contribution in [-0.4, -0.2) is 16.7 Å². The first-order chi connectivity index (χ1) is 13.4. The highest BCUT2D eigenvalue weighted by Gasteiger charge is 2.12. The summed E-state index contributed by atoms with van der Waals surface area (Å²) >= 11 is 5.01. The van der Waals surface area contributed by atoms with Crippen molar-refractivity contribution in [1.82, 2.24) is 0 Å². The second kappa shape index (κ2) is 9.33. The van der Waals surface area contributed by atoms with E-state index in [4.69, 9.17) is 9.15 Å². The molecular formula is C22H23BrO3S2. The quantitative estimate of drug-likeness (QED) is 0.368. The molecule has 0 aliphatic rings. The van der Waals surface area contributed by atoms with Gasteiger partial charge in [-0.2, -0.15) is 0 Å². The Bertz CT molecular complexity index is 1040. The van der Waals surface area contributed by atoms with E-state index in [0.717, 1.165) is 36.6 Å². The Kier molecular flexibility index (Phi) is 7.07. The fraction of sp³-hybridized carbons (Fsp3) is 0.273. The van der Waals surface area contributed by atoms with Crippen LogP contribution < -0.4 is 4.74 Å². The summed E-state index contributed by atoms with van der Waals surface area (Å²) in [6.45, 7) is 4.71. The summed E-state index contributed by atoms with van der Waals surface area (Å²) in [5.74, 6) is 1.18. The Hall–Kier alpha value is -1.50. The van der Waals surface area contributed by atoms with Crippen molar-refractivity contribution in [1.29, 1.82) is 0 Å². The molecule has 0 aliphatic carbocycles. The third-order valence-electron chi connectivity index (χ3n) is 4.46. The molecule has 3 nitrogen and oxygen atoms in total. The summed E-state index contributed by atoms with van der Waals surface area (Å²) < 4.78 is 25.6. The van der Waals surface area contributed by atoms with Gasteiger partial charge in [-0.1, -0.05) is 41.9 Å². The smallest absolute Gasteiger partial charge is 0.134 e. The second-order valence-electron chi connectivity index (χ2n) is 6.76. The Morgan fingerprint density at radius 1 is 1.29 bits per heavy atom. The SMILES string of the molecule is CS/C(=C\c1ccc(C(C)C)cc1OCc1coc2ccc(Br)cc12)S(C)=O. The van der Waals surface area contributed by atoms with Gasteiger partial charge in [-0.15, -0.1) is 11.8 Å². The predicted octanol–water partition coefficient (Wildman–Crippen LogP) is 6.94. The van der Waals surface area contributed by atoms with Crippen molar-refractivity contribution in [3.05, 3.63) is 68.1 Å². The van der Waals surface area contributed by atoms with Crippen molar-refractivity contribution in [2.24, 2.45) is 0 Å². The maximum absolute atomic E-state index is 12.0. The van der Waals surface area contributed by atoms with Crippen molar-refractivity contribution in [2.45, 2.75) is 26.4 Å². The fourth-order valence-electron chi connectivity index (χ4n) is 2.86. The van der Waals surface area contributed by atoms with Crippen LogP contribution in [-0.2, 0) is 17.4 Å². The Balaban J connectivity index is 1.95. The van der Waals surface area contributed by atoms with Gasteiger partial charge in [0.25, 0.3) is 0 Å². The van der Waals surface area contributed by atoms with Gasteiger partial charge in [0.2, 0.25) is 0 Å². The summed E-state index contributed by atoms with van der Waals surface area (Å²) in [7, 11) is -1.03. The van der Waals surface area contributed by atoms with Crippen molar-refractivity contribution in [3.8, 4) is 5.75 Å². The molecule has 28 heavy (non-hydrogen) atoms. The monoisotopic (exact) mass is 478 g/mol. The Labute approximate surface area is 181 Å². The topological polar surface area (TPSA) is 39.4 Å². The molecule has 6 heteroatoms. The first-order valence-corrected chi connectivity index (χ1v) is 12.5. The molecule has 3 rings (SSSR count). The van der Waals surface area contributed by atoms with Gasteiger partial charge in [0.1, 0.15) is 17.9 Å². The molecule has 0 fully saturated rings. The van der Waals surface area contributed by atoms with E-state index in [-0.39, 0.29) is 0 Å². The molecule has 0 saturated heterocycles. The van der Waals surface area contributed by atoms with Crippen LogP contribution in [0.4, 0.5) is 0 Å². The Morgan fingerprint density at radius 3 is 2.75 bits per heavy atom.